The van der Waals surface area contributed by atoms with Gasteiger partial charge in [0, 0.05) is 34.6 Å². The lowest BCUT2D eigenvalue weighted by molar-refractivity contribution is -0.142. The van der Waals surface area contributed by atoms with Gasteiger partial charge in [-0.3, -0.25) is 19.1 Å². The van der Waals surface area contributed by atoms with Crippen molar-refractivity contribution in [3.05, 3.63) is 60.7 Å². The maximum Gasteiger partial charge on any atom is 0.407 e. The molecule has 15 heteroatoms. The number of nitrogens with one attached hydrogen (secondary N) is 3. The zero-order chi connectivity index (χ0) is 41.7. The van der Waals surface area contributed by atoms with E-state index in [2.05, 4.69) is 34.1 Å². The van der Waals surface area contributed by atoms with Crippen molar-refractivity contribution in [1.82, 2.24) is 25.2 Å². The Morgan fingerprint density at radius 2 is 1.83 bits per heavy atom. The topological polar surface area (TPSA) is 182 Å². The van der Waals surface area contributed by atoms with Crippen molar-refractivity contribution in [3.63, 3.8) is 0 Å². The van der Waals surface area contributed by atoms with Crippen LogP contribution in [-0.4, -0.2) is 90.9 Å². The first kappa shape index (κ1) is 40.6. The predicted octanol–water partition coefficient (Wildman–Crippen LogP) is 5.53. The number of fused-ring (bicyclic) bond motifs is 6. The van der Waals surface area contributed by atoms with Crippen molar-refractivity contribution < 1.29 is 41.8 Å². The molecule has 5 atom stereocenters. The van der Waals surface area contributed by atoms with Crippen LogP contribution in [0.5, 0.6) is 11.6 Å². The normalized spacial score (nSPS) is 27.9. The molecule has 5 aliphatic rings. The summed E-state index contributed by atoms with van der Waals surface area (Å²) < 4.78 is 46.4. The summed E-state index contributed by atoms with van der Waals surface area (Å²) in [6, 6.07) is 9.58. The van der Waals surface area contributed by atoms with Crippen LogP contribution in [0.3, 0.4) is 0 Å². The number of ether oxygens (including phenoxy) is 3. The lowest BCUT2D eigenvalue weighted by Gasteiger charge is -2.32. The van der Waals surface area contributed by atoms with Gasteiger partial charge < -0.3 is 29.7 Å². The molecule has 4 bridgehead atoms. The van der Waals surface area contributed by atoms with Gasteiger partial charge in [-0.25, -0.2) is 18.2 Å². The third-order valence-corrected chi connectivity index (χ3v) is 14.3. The number of carbonyl (C=O) groups is 4. The maximum absolute atomic E-state index is 14.9. The number of hydrogen-bond donors (Lipinski definition) is 3. The number of nitrogens with zero attached hydrogens (tertiary/aromatic N) is 2. The summed E-state index contributed by atoms with van der Waals surface area (Å²) in [5.41, 5.74) is -0.408. The molecule has 3 saturated carbocycles. The lowest BCUT2D eigenvalue weighted by Crippen LogP contribution is -2.59. The first-order valence-corrected chi connectivity index (χ1v) is 22.3. The van der Waals surface area contributed by atoms with Crippen LogP contribution in [0.2, 0.25) is 0 Å². The SMILES string of the molecule is C=C[C@@H]1C[C@]1(NC(=O)[C@@H]1C[C@@H]2CN1C(=O)[C@H](C1CCCC1)NC(=O)OCC(C)(C)C/C=C/c1cc3c(cc(OCC)nc3c3ccccc13)O2)C(=O)NS(=O)(=O)C1CC1. The van der Waals surface area contributed by atoms with Gasteiger partial charge in [-0.05, 0) is 68.4 Å². The van der Waals surface area contributed by atoms with Gasteiger partial charge in [0.25, 0.3) is 5.91 Å². The third-order valence-electron chi connectivity index (χ3n) is 12.4. The van der Waals surface area contributed by atoms with E-state index in [1.807, 2.05) is 51.1 Å². The van der Waals surface area contributed by atoms with Crippen LogP contribution < -0.4 is 24.8 Å². The summed E-state index contributed by atoms with van der Waals surface area (Å²) in [5, 5.41) is 7.67. The largest absolute Gasteiger partial charge is 0.488 e. The number of rotatable bonds is 9. The lowest BCUT2D eigenvalue weighted by atomic mass is 9.89. The Bertz CT molecular complexity index is 2340. The van der Waals surface area contributed by atoms with Crippen LogP contribution in [0.15, 0.2) is 55.1 Å². The highest BCUT2D eigenvalue weighted by Gasteiger charge is 2.62. The second-order valence-corrected chi connectivity index (χ2v) is 19.4. The Hall–Kier alpha value is -5.18. The van der Waals surface area contributed by atoms with E-state index in [0.717, 1.165) is 34.6 Å². The minimum absolute atomic E-state index is 0.0157. The van der Waals surface area contributed by atoms with Gasteiger partial charge >= 0.3 is 6.09 Å². The fourth-order valence-corrected chi connectivity index (χ4v) is 10.3. The van der Waals surface area contributed by atoms with E-state index >= 15 is 0 Å². The number of benzene rings is 2. The highest BCUT2D eigenvalue weighted by Crippen LogP contribution is 2.46. The van der Waals surface area contributed by atoms with Gasteiger partial charge in [-0.1, -0.05) is 69.2 Å². The first-order chi connectivity index (χ1) is 28.2. The van der Waals surface area contributed by atoms with Gasteiger partial charge in [0.05, 0.1) is 30.5 Å². The number of amides is 4. The van der Waals surface area contributed by atoms with Crippen LogP contribution >= 0.6 is 0 Å². The molecule has 3 aliphatic carbocycles. The van der Waals surface area contributed by atoms with Crippen molar-refractivity contribution in [2.75, 3.05) is 19.8 Å². The van der Waals surface area contributed by atoms with E-state index in [9.17, 15) is 27.6 Å². The highest BCUT2D eigenvalue weighted by atomic mass is 32.2. The van der Waals surface area contributed by atoms with Gasteiger partial charge in [-0.15, -0.1) is 6.58 Å². The maximum atomic E-state index is 14.9. The van der Waals surface area contributed by atoms with Crippen molar-refractivity contribution in [2.45, 2.75) is 108 Å². The van der Waals surface area contributed by atoms with Crippen LogP contribution in [0.4, 0.5) is 4.79 Å². The standard InChI is InChI=1S/C44H53N5O9S/c1-5-28-23-44(28,41(52)48-59(54,55)30-17-18-30)47-39(50)34-21-29-24-49(34)40(51)37(26-12-7-8-13-26)46-42(53)57-25-43(3,4)19-11-14-27-20-33-35(58-29)22-36(56-6-2)45-38(33)32-16-10-9-15-31(27)32/h5,9-11,14-16,20,22,26,28-30,34,37H,1,6-8,12-13,17-19,21,23-25H2,2-4H3,(H,46,53)(H,47,50)(H,48,52)/b14-11+/t28-,29-,34+,37+,44-/m1/s1. The molecule has 0 spiro atoms. The summed E-state index contributed by atoms with van der Waals surface area (Å²) >= 11 is 0. The zero-order valence-electron chi connectivity index (χ0n) is 33.8. The fraction of sp³-hybridized carbons (Fsp3) is 0.523. The number of allylic oxidation sites excluding steroid dienone is 1. The summed E-state index contributed by atoms with van der Waals surface area (Å²) in [5.74, 6) is -1.82. The molecule has 3 aromatic rings. The molecule has 3 N–H and O–H groups in total. The van der Waals surface area contributed by atoms with Gasteiger partial charge in [0.15, 0.2) is 0 Å². The molecule has 8 rings (SSSR count). The average Bonchev–Trinajstić information content (AvgIpc) is 4.08. The second-order valence-electron chi connectivity index (χ2n) is 17.5. The molecule has 0 unspecified atom stereocenters. The second kappa shape index (κ2) is 15.8. The molecule has 4 fully saturated rings. The van der Waals surface area contributed by atoms with Crippen molar-refractivity contribution in [3.8, 4) is 11.6 Å². The first-order valence-electron chi connectivity index (χ1n) is 20.8. The van der Waals surface area contributed by atoms with Crippen LogP contribution in [-0.2, 0) is 29.1 Å². The van der Waals surface area contributed by atoms with Crippen LogP contribution in [0, 0.1) is 17.3 Å². The number of sulfonamides is 1. The monoisotopic (exact) mass is 827 g/mol. The molecule has 2 aliphatic heterocycles. The average molecular weight is 828 g/mol. The number of carbonyl (C=O) groups excluding carboxylic acids is 4. The number of hydrogen-bond acceptors (Lipinski definition) is 10. The van der Waals surface area contributed by atoms with Gasteiger partial charge in [-0.2, -0.15) is 0 Å². The van der Waals surface area contributed by atoms with E-state index in [0.29, 0.717) is 55.9 Å². The predicted molar refractivity (Wildman–Crippen MR) is 222 cm³/mol. The summed E-state index contributed by atoms with van der Waals surface area (Å²) in [6.07, 6.45) is 9.09. The molecule has 0 radical (unpaired) electrons. The van der Waals surface area contributed by atoms with Gasteiger partial charge in [0.2, 0.25) is 27.7 Å². The molecule has 1 saturated heterocycles. The Balaban J connectivity index is 1.20. The zero-order valence-corrected chi connectivity index (χ0v) is 34.6. The fourth-order valence-electron chi connectivity index (χ4n) is 8.90. The Labute approximate surface area is 344 Å². The highest BCUT2D eigenvalue weighted by molar-refractivity contribution is 7.91. The number of cyclic esters (lactones) is 1. The molecular formula is C44H53N5O9S. The summed E-state index contributed by atoms with van der Waals surface area (Å²) in [4.78, 5) is 63.0. The quantitative estimate of drug-likeness (QED) is 0.183. The third kappa shape index (κ3) is 8.22. The molecule has 59 heavy (non-hydrogen) atoms. The van der Waals surface area contributed by atoms with E-state index in [1.165, 1.54) is 11.0 Å². The molecule has 2 aromatic carbocycles. The molecular weight excluding hydrogens is 775 g/mol. The van der Waals surface area contributed by atoms with E-state index in [1.54, 1.807) is 6.07 Å². The molecule has 14 nitrogen and oxygen atoms in total. The summed E-state index contributed by atoms with van der Waals surface area (Å²) in [7, 11) is -3.91. The molecule has 1 aromatic heterocycles. The smallest absolute Gasteiger partial charge is 0.407 e. The Kier molecular flexibility index (Phi) is 10.9. The minimum atomic E-state index is -3.91. The number of pyridine rings is 1. The van der Waals surface area contributed by atoms with E-state index in [4.69, 9.17) is 19.2 Å². The van der Waals surface area contributed by atoms with E-state index < -0.39 is 74.1 Å². The van der Waals surface area contributed by atoms with Crippen molar-refractivity contribution in [1.29, 1.82) is 0 Å². The minimum Gasteiger partial charge on any atom is -0.488 e. The molecule has 3 heterocycles. The van der Waals surface area contributed by atoms with Gasteiger partial charge in [0.1, 0.15) is 29.5 Å². The number of aromatic nitrogens is 1. The van der Waals surface area contributed by atoms with E-state index in [-0.39, 0.29) is 31.9 Å². The number of alkyl carbamates (subject to hydrolysis) is 1. The summed E-state index contributed by atoms with van der Waals surface area (Å²) in [6.45, 7) is 10.1. The Morgan fingerprint density at radius 3 is 2.53 bits per heavy atom. The van der Waals surface area contributed by atoms with Crippen molar-refractivity contribution >= 4 is 61.6 Å². The van der Waals surface area contributed by atoms with Crippen LogP contribution in [0.1, 0.15) is 84.1 Å². The van der Waals surface area contributed by atoms with Crippen molar-refractivity contribution in [2.24, 2.45) is 17.3 Å². The molecule has 314 valence electrons. The molecule has 4 amide bonds. The Morgan fingerprint density at radius 1 is 1.08 bits per heavy atom. The van der Waals surface area contributed by atoms with Crippen LogP contribution in [0.25, 0.3) is 27.8 Å².